The molecule has 0 unspecified atom stereocenters. The molecule has 0 aromatic heterocycles. The molecule has 0 radical (unpaired) electrons. The zero-order valence-corrected chi connectivity index (χ0v) is 26.0. The van der Waals surface area contributed by atoms with E-state index >= 15 is 0 Å². The lowest BCUT2D eigenvalue weighted by molar-refractivity contribution is 0.0603. The third-order valence-electron chi connectivity index (χ3n) is 6.46. The predicted molar refractivity (Wildman–Crippen MR) is 166 cm³/mol. The summed E-state index contributed by atoms with van der Waals surface area (Å²) in [5, 5.41) is 14.1. The van der Waals surface area contributed by atoms with E-state index in [-0.39, 0.29) is 36.7 Å². The van der Waals surface area contributed by atoms with Crippen molar-refractivity contribution in [2.24, 2.45) is 0 Å². The van der Waals surface area contributed by atoms with Crippen LogP contribution >= 0.6 is 22.6 Å². The average molecular weight is 678 g/mol. The number of aliphatic hydroxyl groups excluding tert-OH is 1. The fraction of sp³-hybridized carbons (Fsp3) is 0.375. The highest BCUT2D eigenvalue weighted by atomic mass is 127. The van der Waals surface area contributed by atoms with Crippen molar-refractivity contribution >= 4 is 34.4 Å². The van der Waals surface area contributed by atoms with Gasteiger partial charge in [-0.25, -0.2) is 8.78 Å². The van der Waals surface area contributed by atoms with Crippen molar-refractivity contribution in [3.63, 3.8) is 0 Å². The Balaban J connectivity index is 1.83. The molecule has 9 heteroatoms. The van der Waals surface area contributed by atoms with Gasteiger partial charge in [0.1, 0.15) is 11.6 Å². The molecule has 2 N–H and O–H groups in total. The molecule has 3 aromatic carbocycles. The second kappa shape index (κ2) is 15.9. The van der Waals surface area contributed by atoms with Crippen molar-refractivity contribution in [2.45, 2.75) is 52.8 Å². The van der Waals surface area contributed by atoms with Crippen LogP contribution in [-0.4, -0.2) is 59.0 Å². The van der Waals surface area contributed by atoms with Crippen LogP contribution in [0.1, 0.15) is 64.1 Å². The van der Waals surface area contributed by atoms with Crippen LogP contribution in [0, 0.1) is 22.1 Å². The Labute approximate surface area is 254 Å². The normalized spacial score (nSPS) is 11.8. The zero-order valence-electron chi connectivity index (χ0n) is 23.8. The number of rotatable bonds is 14. The van der Waals surface area contributed by atoms with Gasteiger partial charge in [0.05, 0.1) is 6.10 Å². The lowest BCUT2D eigenvalue weighted by Gasteiger charge is -2.27. The third-order valence-corrected chi connectivity index (χ3v) is 7.13. The van der Waals surface area contributed by atoms with Crippen LogP contribution in [0.3, 0.4) is 0 Å². The maximum atomic E-state index is 14.0. The number of nitrogens with one attached hydrogen (secondary N) is 1. The van der Waals surface area contributed by atoms with Gasteiger partial charge in [0, 0.05) is 60.0 Å². The highest BCUT2D eigenvalue weighted by molar-refractivity contribution is 14.1. The molecule has 6 nitrogen and oxygen atoms in total. The molecule has 0 aliphatic rings. The Morgan fingerprint density at radius 3 is 2.07 bits per heavy atom. The molecule has 41 heavy (non-hydrogen) atoms. The van der Waals surface area contributed by atoms with E-state index in [2.05, 4.69) is 27.9 Å². The first-order valence-electron chi connectivity index (χ1n) is 13.9. The summed E-state index contributed by atoms with van der Waals surface area (Å²) in [5.74, 6) is -2.09. The summed E-state index contributed by atoms with van der Waals surface area (Å²) >= 11 is 2.24. The Bertz CT molecular complexity index is 1310. The first kappa shape index (κ1) is 32.6. The van der Waals surface area contributed by atoms with Crippen molar-refractivity contribution in [1.29, 1.82) is 0 Å². The zero-order chi connectivity index (χ0) is 29.9. The molecular formula is C32H38F2IN3O3. The van der Waals surface area contributed by atoms with Crippen LogP contribution < -0.4 is 5.32 Å². The smallest absolute Gasteiger partial charge is 0.254 e. The molecule has 0 bridgehead atoms. The maximum Gasteiger partial charge on any atom is 0.254 e. The van der Waals surface area contributed by atoms with Crippen LogP contribution in [0.25, 0.3) is 0 Å². The van der Waals surface area contributed by atoms with Crippen LogP contribution in [0.4, 0.5) is 8.78 Å². The van der Waals surface area contributed by atoms with E-state index in [1.807, 2.05) is 45.0 Å². The molecular weight excluding hydrogens is 639 g/mol. The van der Waals surface area contributed by atoms with Gasteiger partial charge in [-0.1, -0.05) is 26.0 Å². The molecule has 0 saturated heterocycles. The fourth-order valence-electron chi connectivity index (χ4n) is 4.74. The average Bonchev–Trinajstić information content (AvgIpc) is 2.91. The van der Waals surface area contributed by atoms with Gasteiger partial charge in [0.25, 0.3) is 11.8 Å². The highest BCUT2D eigenvalue weighted by Crippen LogP contribution is 2.18. The minimum absolute atomic E-state index is 0.0781. The summed E-state index contributed by atoms with van der Waals surface area (Å²) < 4.78 is 29.0. The summed E-state index contributed by atoms with van der Waals surface area (Å²) in [6.07, 6.45) is 0.684. The first-order valence-corrected chi connectivity index (χ1v) is 15.0. The van der Waals surface area contributed by atoms with Gasteiger partial charge >= 0.3 is 0 Å². The van der Waals surface area contributed by atoms with Gasteiger partial charge in [-0.2, -0.15) is 0 Å². The second-order valence-electron chi connectivity index (χ2n) is 10.3. The minimum Gasteiger partial charge on any atom is -0.390 e. The van der Waals surface area contributed by atoms with E-state index < -0.39 is 23.6 Å². The van der Waals surface area contributed by atoms with E-state index in [1.54, 1.807) is 23.1 Å². The quantitative estimate of drug-likeness (QED) is 0.208. The number of benzene rings is 3. The molecule has 0 fully saturated rings. The number of carbonyl (C=O) groups is 2. The summed E-state index contributed by atoms with van der Waals surface area (Å²) in [4.78, 5) is 30.3. The summed E-state index contributed by atoms with van der Waals surface area (Å²) in [7, 11) is 0. The van der Waals surface area contributed by atoms with Crippen molar-refractivity contribution in [1.82, 2.24) is 15.1 Å². The van der Waals surface area contributed by atoms with E-state index in [0.717, 1.165) is 33.6 Å². The third kappa shape index (κ3) is 10.2. The summed E-state index contributed by atoms with van der Waals surface area (Å²) in [5.41, 5.74) is 2.74. The number of amides is 2. The number of carbonyl (C=O) groups excluding carboxylic acids is 2. The van der Waals surface area contributed by atoms with Gasteiger partial charge in [-0.3, -0.25) is 9.59 Å². The lowest BCUT2D eigenvalue weighted by Crippen LogP contribution is -2.41. The SMILES string of the molecule is CCCN(CCC)C(=O)c1cc(C)cc(C(=O)N(Cc2cc(F)cc(F)c2)C[C@@H](O)CNCc2cccc(I)c2)c1. The topological polar surface area (TPSA) is 72.9 Å². The van der Waals surface area contributed by atoms with E-state index in [1.165, 1.54) is 17.0 Å². The molecule has 0 heterocycles. The van der Waals surface area contributed by atoms with Gasteiger partial charge < -0.3 is 20.2 Å². The number of hydrogen-bond acceptors (Lipinski definition) is 4. The molecule has 3 aromatic rings. The maximum absolute atomic E-state index is 14.0. The van der Waals surface area contributed by atoms with Crippen LogP contribution in [-0.2, 0) is 13.1 Å². The predicted octanol–water partition coefficient (Wildman–Crippen LogP) is 5.93. The Kier molecular flexibility index (Phi) is 12.7. The number of halogens is 3. The van der Waals surface area contributed by atoms with Crippen molar-refractivity contribution in [2.75, 3.05) is 26.2 Å². The number of hydrogen-bond donors (Lipinski definition) is 2. The number of nitrogens with zero attached hydrogens (tertiary/aromatic N) is 2. The van der Waals surface area contributed by atoms with Crippen molar-refractivity contribution in [3.8, 4) is 0 Å². The summed E-state index contributed by atoms with van der Waals surface area (Å²) in [6.45, 7) is 7.60. The minimum atomic E-state index is -0.948. The standard InChI is InChI=1S/C32H38F2IN3O3/c1-4-9-37(10-5-2)31(40)25-11-22(3)12-26(16-25)32(41)38(20-24-13-27(33)17-28(34)14-24)21-30(39)19-36-18-23-7-6-8-29(35)15-23/h6-8,11-17,30,36,39H,4-5,9-10,18-21H2,1-3H3/t30-/m0/s1. The Hall–Kier alpha value is -2.89. The molecule has 0 aliphatic heterocycles. The molecule has 2 amide bonds. The molecule has 0 aliphatic carbocycles. The molecule has 1 atom stereocenters. The largest absolute Gasteiger partial charge is 0.390 e. The number of aliphatic hydroxyl groups is 1. The van der Waals surface area contributed by atoms with Gasteiger partial charge in [0.2, 0.25) is 0 Å². The Morgan fingerprint density at radius 1 is 0.878 bits per heavy atom. The highest BCUT2D eigenvalue weighted by Gasteiger charge is 2.23. The molecule has 0 saturated carbocycles. The number of aryl methyl sites for hydroxylation is 1. The van der Waals surface area contributed by atoms with E-state index in [9.17, 15) is 23.5 Å². The molecule has 220 valence electrons. The lowest BCUT2D eigenvalue weighted by atomic mass is 10.0. The Morgan fingerprint density at radius 2 is 1.49 bits per heavy atom. The van der Waals surface area contributed by atoms with Crippen LogP contribution in [0.5, 0.6) is 0 Å². The van der Waals surface area contributed by atoms with Crippen LogP contribution in [0.2, 0.25) is 0 Å². The second-order valence-corrected chi connectivity index (χ2v) is 11.5. The van der Waals surface area contributed by atoms with E-state index in [4.69, 9.17) is 0 Å². The summed E-state index contributed by atoms with van der Waals surface area (Å²) in [6, 6.07) is 16.1. The van der Waals surface area contributed by atoms with Crippen molar-refractivity contribution in [3.05, 3.63) is 104 Å². The van der Waals surface area contributed by atoms with Gasteiger partial charge in [-0.15, -0.1) is 0 Å². The van der Waals surface area contributed by atoms with Gasteiger partial charge in [-0.05, 0) is 102 Å². The van der Waals surface area contributed by atoms with E-state index in [0.29, 0.717) is 25.2 Å². The fourth-order valence-corrected chi connectivity index (χ4v) is 5.35. The first-order chi connectivity index (χ1) is 19.6. The van der Waals surface area contributed by atoms with Crippen molar-refractivity contribution < 1.29 is 23.5 Å². The molecule has 0 spiro atoms. The molecule has 3 rings (SSSR count). The monoisotopic (exact) mass is 677 g/mol. The van der Waals surface area contributed by atoms with Gasteiger partial charge in [0.15, 0.2) is 0 Å². The van der Waals surface area contributed by atoms with Crippen LogP contribution in [0.15, 0.2) is 60.7 Å².